The van der Waals surface area contributed by atoms with Gasteiger partial charge in [0.1, 0.15) is 5.82 Å². The fourth-order valence-corrected chi connectivity index (χ4v) is 2.57. The molecular formula is C15H23N3O. The summed E-state index contributed by atoms with van der Waals surface area (Å²) < 4.78 is 0. The fourth-order valence-electron chi connectivity index (χ4n) is 2.57. The molecule has 0 saturated heterocycles. The Kier molecular flexibility index (Phi) is 5.33. The molecule has 104 valence electrons. The average Bonchev–Trinajstić information content (AvgIpc) is 2.48. The monoisotopic (exact) mass is 261 g/mol. The molecule has 0 unspecified atom stereocenters. The molecular weight excluding hydrogens is 238 g/mol. The Bertz CT molecular complexity index is 388. The van der Waals surface area contributed by atoms with Gasteiger partial charge in [-0.2, -0.15) is 0 Å². The van der Waals surface area contributed by atoms with E-state index in [1.165, 1.54) is 32.1 Å². The van der Waals surface area contributed by atoms with Crippen molar-refractivity contribution >= 4 is 11.7 Å². The molecule has 4 nitrogen and oxygen atoms in total. The van der Waals surface area contributed by atoms with Crippen LogP contribution < -0.4 is 10.2 Å². The fraction of sp³-hybridized carbons (Fsp3) is 0.600. The van der Waals surface area contributed by atoms with Crippen molar-refractivity contribution in [2.45, 2.75) is 32.1 Å². The number of likely N-dealkylation sites (N-methyl/N-ethyl adjacent to an activating group) is 1. The van der Waals surface area contributed by atoms with Crippen LogP contribution in [0.5, 0.6) is 0 Å². The van der Waals surface area contributed by atoms with E-state index in [-0.39, 0.29) is 5.91 Å². The predicted octanol–water partition coefficient (Wildman–Crippen LogP) is 2.21. The zero-order valence-electron chi connectivity index (χ0n) is 11.6. The number of carbonyl (C=O) groups excluding carboxylic acids is 1. The molecule has 1 N–H and O–H groups in total. The van der Waals surface area contributed by atoms with Crippen LogP contribution in [0.4, 0.5) is 5.82 Å². The van der Waals surface area contributed by atoms with Gasteiger partial charge in [-0.05, 0) is 37.4 Å². The summed E-state index contributed by atoms with van der Waals surface area (Å²) in [5.74, 6) is 1.52. The van der Waals surface area contributed by atoms with Crippen LogP contribution in [0.25, 0.3) is 0 Å². The van der Waals surface area contributed by atoms with Crippen molar-refractivity contribution in [1.29, 1.82) is 0 Å². The van der Waals surface area contributed by atoms with E-state index in [0.717, 1.165) is 12.5 Å². The van der Waals surface area contributed by atoms with Crippen LogP contribution in [0.3, 0.4) is 0 Å². The van der Waals surface area contributed by atoms with Gasteiger partial charge in [-0.1, -0.05) is 25.3 Å². The summed E-state index contributed by atoms with van der Waals surface area (Å²) in [7, 11) is 1.77. The van der Waals surface area contributed by atoms with Crippen LogP contribution in [-0.4, -0.2) is 31.0 Å². The lowest BCUT2D eigenvalue weighted by molar-refractivity contribution is -0.117. The SMILES string of the molecule is CN(C(=O)CNCC1CCCCC1)c1ccccn1. The van der Waals surface area contributed by atoms with Crippen molar-refractivity contribution in [1.82, 2.24) is 10.3 Å². The summed E-state index contributed by atoms with van der Waals surface area (Å²) in [6, 6.07) is 5.59. The van der Waals surface area contributed by atoms with E-state index in [9.17, 15) is 4.79 Å². The number of hydrogen-bond acceptors (Lipinski definition) is 3. The molecule has 2 rings (SSSR count). The van der Waals surface area contributed by atoms with E-state index in [4.69, 9.17) is 0 Å². The third-order valence-corrected chi connectivity index (χ3v) is 3.80. The summed E-state index contributed by atoms with van der Waals surface area (Å²) in [6.07, 6.45) is 8.36. The zero-order valence-corrected chi connectivity index (χ0v) is 11.6. The molecule has 1 aromatic rings. The molecule has 0 bridgehead atoms. The molecule has 1 aliphatic carbocycles. The third kappa shape index (κ3) is 4.31. The van der Waals surface area contributed by atoms with Crippen molar-refractivity contribution in [3.63, 3.8) is 0 Å². The van der Waals surface area contributed by atoms with Gasteiger partial charge in [0.05, 0.1) is 6.54 Å². The number of hydrogen-bond donors (Lipinski definition) is 1. The van der Waals surface area contributed by atoms with Gasteiger partial charge in [0.15, 0.2) is 0 Å². The van der Waals surface area contributed by atoms with Gasteiger partial charge in [-0.3, -0.25) is 9.69 Å². The Labute approximate surface area is 115 Å². The summed E-state index contributed by atoms with van der Waals surface area (Å²) >= 11 is 0. The first-order valence-corrected chi connectivity index (χ1v) is 7.15. The van der Waals surface area contributed by atoms with Gasteiger partial charge < -0.3 is 5.32 Å². The summed E-state index contributed by atoms with van der Waals surface area (Å²) in [4.78, 5) is 17.8. The van der Waals surface area contributed by atoms with Crippen LogP contribution in [0.15, 0.2) is 24.4 Å². The van der Waals surface area contributed by atoms with Crippen molar-refractivity contribution in [2.24, 2.45) is 5.92 Å². The Balaban J connectivity index is 1.72. The van der Waals surface area contributed by atoms with Crippen molar-refractivity contribution in [3.8, 4) is 0 Å². The zero-order chi connectivity index (χ0) is 13.5. The number of pyridine rings is 1. The van der Waals surface area contributed by atoms with Crippen molar-refractivity contribution < 1.29 is 4.79 Å². The number of amides is 1. The van der Waals surface area contributed by atoms with Crippen LogP contribution in [0, 0.1) is 5.92 Å². The maximum Gasteiger partial charge on any atom is 0.241 e. The Morgan fingerprint density at radius 2 is 2.16 bits per heavy atom. The van der Waals surface area contributed by atoms with Gasteiger partial charge in [-0.15, -0.1) is 0 Å². The smallest absolute Gasteiger partial charge is 0.241 e. The minimum Gasteiger partial charge on any atom is -0.308 e. The Hall–Kier alpha value is -1.42. The standard InChI is InChI=1S/C15H23N3O/c1-18(14-9-5-6-10-17-14)15(19)12-16-11-13-7-3-2-4-8-13/h5-6,9-10,13,16H,2-4,7-8,11-12H2,1H3. The topological polar surface area (TPSA) is 45.2 Å². The van der Waals surface area contributed by atoms with Crippen molar-refractivity contribution in [2.75, 3.05) is 25.0 Å². The molecule has 1 aliphatic rings. The Morgan fingerprint density at radius 1 is 1.37 bits per heavy atom. The molecule has 1 amide bonds. The number of carbonyl (C=O) groups is 1. The lowest BCUT2D eigenvalue weighted by Gasteiger charge is -2.22. The normalized spacial score (nSPS) is 16.3. The molecule has 1 aromatic heterocycles. The van der Waals surface area contributed by atoms with E-state index in [1.807, 2.05) is 18.2 Å². The third-order valence-electron chi connectivity index (χ3n) is 3.80. The molecule has 0 atom stereocenters. The second-order valence-corrected chi connectivity index (χ2v) is 5.28. The largest absolute Gasteiger partial charge is 0.308 e. The summed E-state index contributed by atoms with van der Waals surface area (Å²) in [5.41, 5.74) is 0. The first-order chi connectivity index (χ1) is 9.27. The number of aromatic nitrogens is 1. The number of anilines is 1. The molecule has 0 radical (unpaired) electrons. The highest BCUT2D eigenvalue weighted by atomic mass is 16.2. The molecule has 0 spiro atoms. The molecule has 1 saturated carbocycles. The molecule has 4 heteroatoms. The van der Waals surface area contributed by atoms with E-state index in [2.05, 4.69) is 10.3 Å². The van der Waals surface area contributed by atoms with Crippen molar-refractivity contribution in [3.05, 3.63) is 24.4 Å². The van der Waals surface area contributed by atoms with Gasteiger partial charge in [0.25, 0.3) is 0 Å². The first kappa shape index (κ1) is 14.0. The number of nitrogens with one attached hydrogen (secondary N) is 1. The first-order valence-electron chi connectivity index (χ1n) is 7.15. The van der Waals surface area contributed by atoms with E-state index >= 15 is 0 Å². The van der Waals surface area contributed by atoms with E-state index in [1.54, 1.807) is 18.1 Å². The molecule has 0 aliphatic heterocycles. The second-order valence-electron chi connectivity index (χ2n) is 5.28. The van der Waals surface area contributed by atoms with Crippen LogP contribution >= 0.6 is 0 Å². The maximum atomic E-state index is 12.0. The minimum absolute atomic E-state index is 0.0644. The lowest BCUT2D eigenvalue weighted by atomic mass is 9.89. The van der Waals surface area contributed by atoms with Crippen LogP contribution in [0.2, 0.25) is 0 Å². The lowest BCUT2D eigenvalue weighted by Crippen LogP contribution is -2.38. The molecule has 1 fully saturated rings. The number of rotatable bonds is 5. The quantitative estimate of drug-likeness (QED) is 0.884. The minimum atomic E-state index is 0.0644. The highest BCUT2D eigenvalue weighted by Crippen LogP contribution is 2.22. The summed E-state index contributed by atoms with van der Waals surface area (Å²) in [6.45, 7) is 1.35. The highest BCUT2D eigenvalue weighted by Gasteiger charge is 2.15. The van der Waals surface area contributed by atoms with Gasteiger partial charge >= 0.3 is 0 Å². The average molecular weight is 261 g/mol. The maximum absolute atomic E-state index is 12.0. The van der Waals surface area contributed by atoms with Gasteiger partial charge in [-0.25, -0.2) is 4.98 Å². The van der Waals surface area contributed by atoms with Gasteiger partial charge in [0.2, 0.25) is 5.91 Å². The Morgan fingerprint density at radius 3 is 2.84 bits per heavy atom. The molecule has 1 heterocycles. The second kappa shape index (κ2) is 7.24. The van der Waals surface area contributed by atoms with E-state index in [0.29, 0.717) is 12.4 Å². The molecule has 0 aromatic carbocycles. The van der Waals surface area contributed by atoms with E-state index < -0.39 is 0 Å². The summed E-state index contributed by atoms with van der Waals surface area (Å²) in [5, 5.41) is 3.29. The van der Waals surface area contributed by atoms with Crippen LogP contribution in [-0.2, 0) is 4.79 Å². The molecule has 19 heavy (non-hydrogen) atoms. The number of nitrogens with zero attached hydrogens (tertiary/aromatic N) is 2. The predicted molar refractivity (Wildman–Crippen MR) is 77.1 cm³/mol. The highest BCUT2D eigenvalue weighted by molar-refractivity contribution is 5.93. The van der Waals surface area contributed by atoms with Crippen LogP contribution in [0.1, 0.15) is 32.1 Å². The van der Waals surface area contributed by atoms with Gasteiger partial charge in [0, 0.05) is 13.2 Å².